The Morgan fingerprint density at radius 3 is 2.44 bits per heavy atom. The van der Waals surface area contributed by atoms with Crippen LogP contribution < -0.4 is 0 Å². The smallest absolute Gasteiger partial charge is 0.166 e. The number of hydrogen-bond donors (Lipinski definition) is 0. The quantitative estimate of drug-likeness (QED) is 0.675. The monoisotopic (exact) mass is 313 g/mol. The summed E-state index contributed by atoms with van der Waals surface area (Å²) in [7, 11) is 0. The molecule has 0 atom stereocenters. The molecule has 0 bridgehead atoms. The first-order chi connectivity index (χ1) is 8.39. The molecule has 0 amide bonds. The van der Waals surface area contributed by atoms with E-state index in [1.165, 1.54) is 6.07 Å². The van der Waals surface area contributed by atoms with E-state index in [2.05, 4.69) is 22.0 Å². The van der Waals surface area contributed by atoms with Crippen molar-refractivity contribution in [3.8, 4) is 11.1 Å². The van der Waals surface area contributed by atoms with Gasteiger partial charge in [0, 0.05) is 4.47 Å². The molecule has 0 spiro atoms. The zero-order valence-electron chi connectivity index (χ0n) is 9.48. The highest BCUT2D eigenvalue weighted by atomic mass is 79.9. The number of halogens is 4. The summed E-state index contributed by atoms with van der Waals surface area (Å²) in [6.07, 6.45) is -4.33. The van der Waals surface area contributed by atoms with Crippen molar-refractivity contribution in [3.63, 3.8) is 0 Å². The summed E-state index contributed by atoms with van der Waals surface area (Å²) in [6.45, 7) is 1.82. The molecule has 2 aromatic carbocycles. The maximum atomic E-state index is 12.7. The molecule has 0 heterocycles. The summed E-state index contributed by atoms with van der Waals surface area (Å²) in [5.41, 5.74) is 1.44. The lowest BCUT2D eigenvalue weighted by molar-refractivity contribution is -0.137. The molecule has 93 valence electrons. The molecule has 0 N–H and O–H groups in total. The lowest BCUT2D eigenvalue weighted by Crippen LogP contribution is -2.05. The Bertz CT molecular complexity index is 573. The number of benzene rings is 2. The molecule has 2 rings (SSSR count). The average molecular weight is 314 g/mol. The van der Waals surface area contributed by atoms with E-state index in [0.29, 0.717) is 10.0 Å². The number of aryl methyl sites for hydroxylation is 1. The van der Waals surface area contributed by atoms with Crippen molar-refractivity contribution in [1.82, 2.24) is 0 Å². The second kappa shape index (κ2) is 4.76. The molecular weight excluding hydrogens is 305 g/mol. The third kappa shape index (κ3) is 2.58. The summed E-state index contributed by atoms with van der Waals surface area (Å²) >= 11 is 3.29. The maximum absolute atomic E-state index is 12.7. The highest BCUT2D eigenvalue weighted by Crippen LogP contribution is 2.36. The Morgan fingerprint density at radius 2 is 1.83 bits per heavy atom. The van der Waals surface area contributed by atoms with E-state index in [1.54, 1.807) is 18.2 Å². The molecule has 0 unspecified atom stereocenters. The van der Waals surface area contributed by atoms with Crippen molar-refractivity contribution in [2.24, 2.45) is 0 Å². The fourth-order valence-electron chi connectivity index (χ4n) is 1.72. The molecule has 0 aromatic heterocycles. The maximum Gasteiger partial charge on any atom is 0.416 e. The Kier molecular flexibility index (Phi) is 3.48. The van der Waals surface area contributed by atoms with Crippen LogP contribution in [0, 0.1) is 13.0 Å². The van der Waals surface area contributed by atoms with Gasteiger partial charge in [-0.25, -0.2) is 0 Å². The van der Waals surface area contributed by atoms with Crippen LogP contribution in [0.25, 0.3) is 11.1 Å². The molecule has 18 heavy (non-hydrogen) atoms. The van der Waals surface area contributed by atoms with Crippen LogP contribution in [0.1, 0.15) is 11.1 Å². The fourth-order valence-corrected chi connectivity index (χ4v) is 2.18. The summed E-state index contributed by atoms with van der Waals surface area (Å²) in [5, 5.41) is 0. The zero-order valence-corrected chi connectivity index (χ0v) is 11.1. The van der Waals surface area contributed by atoms with Crippen LogP contribution in [0.4, 0.5) is 13.2 Å². The zero-order chi connectivity index (χ0) is 13.3. The molecule has 2 aromatic rings. The summed E-state index contributed by atoms with van der Waals surface area (Å²) in [5.74, 6) is 0. The topological polar surface area (TPSA) is 0 Å². The van der Waals surface area contributed by atoms with Crippen molar-refractivity contribution in [2.45, 2.75) is 13.1 Å². The standard InChI is InChI=1S/C14H9BrF3/c1-9-4-2-3-5-11(9)12-8-10(14(16,17)18)6-7-13(12)15/h2-3,5-8H,1H3. The van der Waals surface area contributed by atoms with E-state index in [1.807, 2.05) is 6.92 Å². The molecule has 0 aliphatic carbocycles. The van der Waals surface area contributed by atoms with Gasteiger partial charge in [-0.05, 0) is 47.9 Å². The molecule has 1 radical (unpaired) electrons. The summed E-state index contributed by atoms with van der Waals surface area (Å²) in [4.78, 5) is 0. The van der Waals surface area contributed by atoms with Crippen LogP contribution in [0.15, 0.2) is 40.9 Å². The van der Waals surface area contributed by atoms with Gasteiger partial charge in [-0.3, -0.25) is 0 Å². The Labute approximate surface area is 112 Å². The van der Waals surface area contributed by atoms with Gasteiger partial charge < -0.3 is 0 Å². The van der Waals surface area contributed by atoms with E-state index in [9.17, 15) is 13.2 Å². The van der Waals surface area contributed by atoms with E-state index in [4.69, 9.17) is 0 Å². The summed E-state index contributed by atoms with van der Waals surface area (Å²) in [6, 6.07) is 11.9. The lowest BCUT2D eigenvalue weighted by atomic mass is 9.99. The number of hydrogen-bond acceptors (Lipinski definition) is 0. The van der Waals surface area contributed by atoms with Crippen molar-refractivity contribution in [3.05, 3.63) is 58.1 Å². The van der Waals surface area contributed by atoms with Crippen LogP contribution in [0.5, 0.6) is 0 Å². The summed E-state index contributed by atoms with van der Waals surface area (Å²) < 4.78 is 38.7. The van der Waals surface area contributed by atoms with Crippen molar-refractivity contribution in [2.75, 3.05) is 0 Å². The molecule has 0 saturated heterocycles. The van der Waals surface area contributed by atoms with Crippen molar-refractivity contribution in [1.29, 1.82) is 0 Å². The minimum absolute atomic E-state index is 0.527. The van der Waals surface area contributed by atoms with E-state index in [0.717, 1.165) is 23.3 Å². The van der Waals surface area contributed by atoms with Gasteiger partial charge >= 0.3 is 6.18 Å². The van der Waals surface area contributed by atoms with Crippen LogP contribution in [0.2, 0.25) is 0 Å². The largest absolute Gasteiger partial charge is 0.416 e. The van der Waals surface area contributed by atoms with Crippen LogP contribution in [-0.4, -0.2) is 0 Å². The SMILES string of the molecule is Cc1[c]cccc1-c1cc(C(F)(F)F)ccc1Br. The first kappa shape index (κ1) is 13.1. The van der Waals surface area contributed by atoms with Gasteiger partial charge in [0.15, 0.2) is 0 Å². The Hall–Kier alpha value is -1.29. The van der Waals surface area contributed by atoms with Crippen LogP contribution in [-0.2, 0) is 6.18 Å². The van der Waals surface area contributed by atoms with Crippen molar-refractivity contribution >= 4 is 15.9 Å². The molecule has 0 aliphatic heterocycles. The second-order valence-corrected chi connectivity index (χ2v) is 4.76. The fraction of sp³-hybridized carbons (Fsp3) is 0.143. The molecule has 0 saturated carbocycles. The first-order valence-electron chi connectivity index (χ1n) is 5.24. The van der Waals surface area contributed by atoms with Crippen molar-refractivity contribution < 1.29 is 13.2 Å². The van der Waals surface area contributed by atoms with E-state index in [-0.39, 0.29) is 0 Å². The van der Waals surface area contributed by atoms with Gasteiger partial charge in [0.05, 0.1) is 5.56 Å². The van der Waals surface area contributed by atoms with E-state index >= 15 is 0 Å². The molecule has 0 aliphatic rings. The van der Waals surface area contributed by atoms with Gasteiger partial charge in [0.25, 0.3) is 0 Å². The predicted octanol–water partition coefficient (Wildman–Crippen LogP) is 5.24. The third-order valence-electron chi connectivity index (χ3n) is 2.65. The molecule has 0 fully saturated rings. The van der Waals surface area contributed by atoms with Gasteiger partial charge in [0.2, 0.25) is 0 Å². The third-order valence-corrected chi connectivity index (χ3v) is 3.34. The van der Waals surface area contributed by atoms with Crippen LogP contribution >= 0.6 is 15.9 Å². The van der Waals surface area contributed by atoms with E-state index < -0.39 is 11.7 Å². The first-order valence-corrected chi connectivity index (χ1v) is 6.03. The minimum atomic E-state index is -4.33. The lowest BCUT2D eigenvalue weighted by Gasteiger charge is -2.12. The highest BCUT2D eigenvalue weighted by Gasteiger charge is 2.31. The van der Waals surface area contributed by atoms with Crippen LogP contribution in [0.3, 0.4) is 0 Å². The minimum Gasteiger partial charge on any atom is -0.166 e. The number of rotatable bonds is 1. The van der Waals surface area contributed by atoms with Gasteiger partial charge in [-0.2, -0.15) is 13.2 Å². The highest BCUT2D eigenvalue weighted by molar-refractivity contribution is 9.10. The van der Waals surface area contributed by atoms with Gasteiger partial charge in [-0.1, -0.05) is 34.1 Å². The molecule has 4 heteroatoms. The normalized spacial score (nSPS) is 11.6. The van der Waals surface area contributed by atoms with Gasteiger partial charge in [0.1, 0.15) is 0 Å². The number of alkyl halides is 3. The predicted molar refractivity (Wildman–Crippen MR) is 68.2 cm³/mol. The van der Waals surface area contributed by atoms with Gasteiger partial charge in [-0.15, -0.1) is 0 Å². The Balaban J connectivity index is 2.61. The average Bonchev–Trinajstić information content (AvgIpc) is 2.29. The Morgan fingerprint density at radius 1 is 1.11 bits per heavy atom. The molecular formula is C14H9BrF3. The second-order valence-electron chi connectivity index (χ2n) is 3.90. The molecule has 0 nitrogen and oxygen atoms in total.